The Kier molecular flexibility index (Phi) is 4.92. The van der Waals surface area contributed by atoms with Gasteiger partial charge in [0.1, 0.15) is 15.8 Å². The Labute approximate surface area is 146 Å². The number of fused-ring (bicyclic) bond motifs is 1. The highest BCUT2D eigenvalue weighted by atomic mass is 32.2. The SMILES string of the molecule is COc1ccc2ccccc2c1C=C1N=C(SCC(=O)O)SC1=O. The summed E-state index contributed by atoms with van der Waals surface area (Å²) in [6.07, 6.45) is 1.70. The van der Waals surface area contributed by atoms with Crippen molar-refractivity contribution in [2.75, 3.05) is 12.9 Å². The Hall–Kier alpha value is -2.25. The molecular formula is C17H13NO4S2. The maximum absolute atomic E-state index is 12.1. The van der Waals surface area contributed by atoms with E-state index in [2.05, 4.69) is 4.99 Å². The van der Waals surface area contributed by atoms with Gasteiger partial charge < -0.3 is 9.84 Å². The first kappa shape index (κ1) is 16.6. The van der Waals surface area contributed by atoms with Gasteiger partial charge in [-0.1, -0.05) is 42.1 Å². The molecular weight excluding hydrogens is 346 g/mol. The van der Waals surface area contributed by atoms with E-state index >= 15 is 0 Å². The molecule has 2 aromatic rings. The van der Waals surface area contributed by atoms with Gasteiger partial charge >= 0.3 is 5.97 Å². The largest absolute Gasteiger partial charge is 0.496 e. The van der Waals surface area contributed by atoms with Crippen LogP contribution in [0.15, 0.2) is 47.1 Å². The van der Waals surface area contributed by atoms with Crippen LogP contribution < -0.4 is 4.74 Å². The molecule has 0 spiro atoms. The molecule has 0 bridgehead atoms. The Morgan fingerprint density at radius 1 is 1.33 bits per heavy atom. The number of rotatable bonds is 4. The molecule has 5 nitrogen and oxygen atoms in total. The maximum Gasteiger partial charge on any atom is 0.313 e. The lowest BCUT2D eigenvalue weighted by atomic mass is 10.0. The minimum absolute atomic E-state index is 0.121. The van der Waals surface area contributed by atoms with Gasteiger partial charge in [0.05, 0.1) is 12.9 Å². The molecule has 1 aliphatic rings. The summed E-state index contributed by atoms with van der Waals surface area (Å²) in [5.41, 5.74) is 1.08. The van der Waals surface area contributed by atoms with E-state index in [9.17, 15) is 9.59 Å². The maximum atomic E-state index is 12.1. The molecule has 1 N–H and O–H groups in total. The van der Waals surface area contributed by atoms with Crippen molar-refractivity contribution in [2.45, 2.75) is 0 Å². The molecule has 0 unspecified atom stereocenters. The minimum Gasteiger partial charge on any atom is -0.496 e. The topological polar surface area (TPSA) is 76.0 Å². The molecule has 7 heteroatoms. The lowest BCUT2D eigenvalue weighted by Crippen LogP contribution is -1.99. The van der Waals surface area contributed by atoms with Crippen LogP contribution in [0.5, 0.6) is 5.75 Å². The van der Waals surface area contributed by atoms with Gasteiger partial charge in [0.25, 0.3) is 0 Å². The summed E-state index contributed by atoms with van der Waals surface area (Å²) in [5.74, 6) is -0.408. The van der Waals surface area contributed by atoms with Crippen molar-refractivity contribution >= 4 is 55.8 Å². The third-order valence-corrected chi connectivity index (χ3v) is 5.35. The molecule has 0 amide bonds. The highest BCUT2D eigenvalue weighted by molar-refractivity contribution is 8.45. The fraction of sp³-hybridized carbons (Fsp3) is 0.118. The third-order valence-electron chi connectivity index (χ3n) is 3.35. The lowest BCUT2D eigenvalue weighted by Gasteiger charge is -2.09. The van der Waals surface area contributed by atoms with Crippen LogP contribution in [-0.2, 0) is 9.59 Å². The van der Waals surface area contributed by atoms with E-state index in [0.29, 0.717) is 15.8 Å². The Balaban J connectivity index is 2.03. The molecule has 24 heavy (non-hydrogen) atoms. The van der Waals surface area contributed by atoms with Gasteiger partial charge in [-0.3, -0.25) is 9.59 Å². The van der Waals surface area contributed by atoms with E-state index in [0.717, 1.165) is 39.9 Å². The number of ether oxygens (including phenoxy) is 1. The van der Waals surface area contributed by atoms with Crippen molar-refractivity contribution in [1.29, 1.82) is 0 Å². The number of carboxylic acid groups (broad SMARTS) is 1. The second-order valence-electron chi connectivity index (χ2n) is 4.88. The number of hydrogen-bond donors (Lipinski definition) is 1. The second kappa shape index (κ2) is 7.11. The summed E-state index contributed by atoms with van der Waals surface area (Å²) in [4.78, 5) is 27.0. The van der Waals surface area contributed by atoms with Crippen LogP contribution in [0.3, 0.4) is 0 Å². The van der Waals surface area contributed by atoms with Crippen molar-refractivity contribution in [3.63, 3.8) is 0 Å². The zero-order valence-corrected chi connectivity index (χ0v) is 14.3. The van der Waals surface area contributed by atoms with E-state index < -0.39 is 5.97 Å². The van der Waals surface area contributed by atoms with Crippen LogP contribution in [0.25, 0.3) is 16.8 Å². The number of carboxylic acids is 1. The van der Waals surface area contributed by atoms with E-state index in [1.54, 1.807) is 13.2 Å². The van der Waals surface area contributed by atoms with Crippen LogP contribution in [-0.4, -0.2) is 33.4 Å². The number of carbonyl (C=O) groups excluding carboxylic acids is 1. The van der Waals surface area contributed by atoms with Crippen molar-refractivity contribution < 1.29 is 19.4 Å². The fourth-order valence-electron chi connectivity index (χ4n) is 2.31. The van der Waals surface area contributed by atoms with Crippen LogP contribution >= 0.6 is 23.5 Å². The number of aliphatic carboxylic acids is 1. The summed E-state index contributed by atoms with van der Waals surface area (Å²) in [7, 11) is 1.58. The molecule has 1 heterocycles. The first-order valence-electron chi connectivity index (χ1n) is 7.01. The van der Waals surface area contributed by atoms with Gasteiger partial charge in [-0.25, -0.2) is 4.99 Å². The zero-order chi connectivity index (χ0) is 17.1. The fourth-order valence-corrected chi connectivity index (χ4v) is 3.88. The molecule has 0 fully saturated rings. The normalized spacial score (nSPS) is 15.8. The first-order valence-corrected chi connectivity index (χ1v) is 8.81. The molecule has 0 atom stereocenters. The molecule has 0 saturated heterocycles. The average molecular weight is 359 g/mol. The van der Waals surface area contributed by atoms with E-state index in [1.807, 2.05) is 36.4 Å². The Morgan fingerprint density at radius 3 is 2.88 bits per heavy atom. The van der Waals surface area contributed by atoms with E-state index in [4.69, 9.17) is 9.84 Å². The van der Waals surface area contributed by atoms with Crippen LogP contribution in [0.2, 0.25) is 0 Å². The smallest absolute Gasteiger partial charge is 0.313 e. The summed E-state index contributed by atoms with van der Waals surface area (Å²) in [6.45, 7) is 0. The van der Waals surface area contributed by atoms with Gasteiger partial charge in [-0.15, -0.1) is 0 Å². The number of carbonyl (C=O) groups is 2. The highest BCUT2D eigenvalue weighted by Crippen LogP contribution is 2.35. The quantitative estimate of drug-likeness (QED) is 0.840. The predicted molar refractivity (Wildman–Crippen MR) is 98.6 cm³/mol. The monoisotopic (exact) mass is 359 g/mol. The standard InChI is InChI=1S/C17H13NO4S2/c1-22-14-7-6-10-4-2-3-5-11(10)12(14)8-13-16(21)24-17(18-13)23-9-15(19)20/h2-8H,9H2,1H3,(H,19,20). The van der Waals surface area contributed by atoms with Crippen molar-refractivity contribution in [2.24, 2.45) is 4.99 Å². The molecule has 1 aliphatic heterocycles. The molecule has 0 radical (unpaired) electrons. The summed E-state index contributed by atoms with van der Waals surface area (Å²) in [5, 5.41) is 10.5. The van der Waals surface area contributed by atoms with Crippen molar-refractivity contribution in [3.8, 4) is 5.75 Å². The summed E-state index contributed by atoms with van der Waals surface area (Å²) < 4.78 is 5.86. The van der Waals surface area contributed by atoms with Gasteiger partial charge in [0, 0.05) is 5.56 Å². The number of thioether (sulfide) groups is 2. The van der Waals surface area contributed by atoms with Crippen LogP contribution in [0.4, 0.5) is 0 Å². The van der Waals surface area contributed by atoms with E-state index in [-0.39, 0.29) is 10.9 Å². The molecule has 2 aromatic carbocycles. The Morgan fingerprint density at radius 2 is 2.12 bits per heavy atom. The molecule has 0 aliphatic carbocycles. The number of benzene rings is 2. The van der Waals surface area contributed by atoms with Crippen molar-refractivity contribution in [3.05, 3.63) is 47.7 Å². The average Bonchev–Trinajstić information content (AvgIpc) is 2.93. The number of nitrogens with zero attached hydrogens (tertiary/aromatic N) is 1. The molecule has 0 aromatic heterocycles. The Bertz CT molecular complexity index is 889. The number of methoxy groups -OCH3 is 1. The number of hydrogen-bond acceptors (Lipinski definition) is 6. The van der Waals surface area contributed by atoms with Crippen LogP contribution in [0, 0.1) is 0 Å². The lowest BCUT2D eigenvalue weighted by molar-refractivity contribution is -0.133. The second-order valence-corrected chi connectivity index (χ2v) is 7.07. The minimum atomic E-state index is -0.941. The summed E-state index contributed by atoms with van der Waals surface area (Å²) >= 11 is 2.00. The van der Waals surface area contributed by atoms with Gasteiger partial charge in [0.15, 0.2) is 0 Å². The molecule has 122 valence electrons. The molecule has 3 rings (SSSR count). The van der Waals surface area contributed by atoms with E-state index in [1.165, 1.54) is 0 Å². The first-order chi connectivity index (χ1) is 11.6. The zero-order valence-electron chi connectivity index (χ0n) is 12.7. The van der Waals surface area contributed by atoms with Gasteiger partial charge in [-0.2, -0.15) is 0 Å². The highest BCUT2D eigenvalue weighted by Gasteiger charge is 2.24. The number of aliphatic imine (C=N–C) groups is 1. The predicted octanol–water partition coefficient (Wildman–Crippen LogP) is 3.64. The van der Waals surface area contributed by atoms with Crippen molar-refractivity contribution in [1.82, 2.24) is 0 Å². The van der Waals surface area contributed by atoms with Gasteiger partial charge in [-0.05, 0) is 34.7 Å². The van der Waals surface area contributed by atoms with Crippen LogP contribution in [0.1, 0.15) is 5.56 Å². The van der Waals surface area contributed by atoms with Gasteiger partial charge in [0.2, 0.25) is 5.12 Å². The third kappa shape index (κ3) is 3.47. The summed E-state index contributed by atoms with van der Waals surface area (Å²) in [6, 6.07) is 11.6. The molecule has 0 saturated carbocycles.